The number of allylic oxidation sites excluding steroid dienone is 1. The Kier molecular flexibility index (Phi) is 9.07. The van der Waals surface area contributed by atoms with Crippen LogP contribution in [0.5, 0.6) is 0 Å². The van der Waals surface area contributed by atoms with E-state index in [0.717, 1.165) is 11.8 Å². The van der Waals surface area contributed by atoms with Crippen LogP contribution in [0, 0.1) is 11.8 Å². The highest BCUT2D eigenvalue weighted by molar-refractivity contribution is 4.88. The average molecular weight is 295 g/mol. The van der Waals surface area contributed by atoms with E-state index in [-0.39, 0.29) is 0 Å². The maximum atomic E-state index is 4.03. The lowest BCUT2D eigenvalue weighted by molar-refractivity contribution is 0.162. The first kappa shape index (κ1) is 18.5. The number of nitrogens with zero attached hydrogens (tertiary/aromatic N) is 2. The van der Waals surface area contributed by atoms with Crippen LogP contribution in [0.1, 0.15) is 65.7 Å². The van der Waals surface area contributed by atoms with Crippen LogP contribution in [0.4, 0.5) is 0 Å². The molecule has 0 aromatic heterocycles. The molecule has 21 heavy (non-hydrogen) atoms. The Morgan fingerprint density at radius 2 is 1.76 bits per heavy atom. The summed E-state index contributed by atoms with van der Waals surface area (Å²) < 4.78 is 0. The molecule has 0 aromatic carbocycles. The van der Waals surface area contributed by atoms with Gasteiger partial charge in [-0.1, -0.05) is 46.1 Å². The zero-order chi connectivity index (χ0) is 15.7. The summed E-state index contributed by atoms with van der Waals surface area (Å²) in [7, 11) is 2.17. The van der Waals surface area contributed by atoms with Crippen LogP contribution in [-0.2, 0) is 0 Å². The lowest BCUT2D eigenvalue weighted by Gasteiger charge is -2.34. The molecule has 1 rings (SSSR count). The van der Waals surface area contributed by atoms with Crippen molar-refractivity contribution < 1.29 is 0 Å². The number of likely N-dealkylation sites (tertiary alicyclic amines) is 1. The Morgan fingerprint density at radius 3 is 2.33 bits per heavy atom. The van der Waals surface area contributed by atoms with Crippen molar-refractivity contribution in [3.05, 3.63) is 12.3 Å². The van der Waals surface area contributed by atoms with Gasteiger partial charge in [0.25, 0.3) is 0 Å². The van der Waals surface area contributed by atoms with Crippen LogP contribution in [0.25, 0.3) is 0 Å². The van der Waals surface area contributed by atoms with E-state index in [1.165, 1.54) is 76.8 Å². The number of rotatable bonds is 10. The minimum Gasteiger partial charge on any atom is -0.378 e. The van der Waals surface area contributed by atoms with Crippen molar-refractivity contribution >= 4 is 0 Å². The normalized spacial score (nSPS) is 17.4. The monoisotopic (exact) mass is 294 g/mol. The number of unbranched alkanes of at least 4 members (excludes halogenated alkanes) is 3. The topological polar surface area (TPSA) is 6.48 Å². The maximum absolute atomic E-state index is 4.03. The lowest BCUT2D eigenvalue weighted by atomic mass is 9.96. The molecule has 1 heterocycles. The molecule has 2 nitrogen and oxygen atoms in total. The minimum absolute atomic E-state index is 0.869. The molecular weight excluding hydrogens is 256 g/mol. The molecule has 0 spiro atoms. The van der Waals surface area contributed by atoms with Crippen LogP contribution in [0.15, 0.2) is 12.3 Å². The summed E-state index contributed by atoms with van der Waals surface area (Å²) in [6, 6.07) is 0. The zero-order valence-corrected chi connectivity index (χ0v) is 15.0. The Labute approximate surface area is 133 Å². The summed E-state index contributed by atoms with van der Waals surface area (Å²) in [6.07, 6.45) is 9.81. The standard InChI is InChI=1S/C19H38N2/c1-17(2)10-8-6-7-9-13-21-14-11-19(12-15-21)16-20(5)18(3)4/h17,19H,3,6-16H2,1-2,4-5H3. The molecule has 0 aliphatic carbocycles. The SMILES string of the molecule is C=C(C)N(C)CC1CCN(CCCCCCC(C)C)CC1. The van der Waals surface area contributed by atoms with Gasteiger partial charge in [0.2, 0.25) is 0 Å². The highest BCUT2D eigenvalue weighted by Gasteiger charge is 2.19. The second kappa shape index (κ2) is 10.3. The van der Waals surface area contributed by atoms with Gasteiger partial charge in [0, 0.05) is 19.3 Å². The average Bonchev–Trinajstić information content (AvgIpc) is 2.44. The Hall–Kier alpha value is -0.500. The molecule has 0 saturated carbocycles. The molecule has 1 aliphatic heterocycles. The highest BCUT2D eigenvalue weighted by Crippen LogP contribution is 2.19. The van der Waals surface area contributed by atoms with E-state index in [1.807, 2.05) is 0 Å². The molecule has 0 unspecified atom stereocenters. The smallest absolute Gasteiger partial charge is 0.0200 e. The molecule has 0 amide bonds. The molecule has 0 aromatic rings. The fraction of sp³-hybridized carbons (Fsp3) is 0.895. The van der Waals surface area contributed by atoms with E-state index < -0.39 is 0 Å². The van der Waals surface area contributed by atoms with Crippen LogP contribution < -0.4 is 0 Å². The molecule has 0 N–H and O–H groups in total. The van der Waals surface area contributed by atoms with Crippen LogP contribution in [0.2, 0.25) is 0 Å². The first-order valence-corrected chi connectivity index (χ1v) is 9.08. The zero-order valence-electron chi connectivity index (χ0n) is 15.0. The van der Waals surface area contributed by atoms with E-state index in [4.69, 9.17) is 0 Å². The van der Waals surface area contributed by atoms with Gasteiger partial charge in [0.15, 0.2) is 0 Å². The van der Waals surface area contributed by atoms with Gasteiger partial charge >= 0.3 is 0 Å². The number of piperidine rings is 1. The number of hydrogen-bond acceptors (Lipinski definition) is 2. The van der Waals surface area contributed by atoms with Crippen molar-refractivity contribution in [1.82, 2.24) is 9.80 Å². The van der Waals surface area contributed by atoms with Crippen molar-refractivity contribution in [3.63, 3.8) is 0 Å². The molecule has 1 aliphatic rings. The molecule has 0 bridgehead atoms. The Morgan fingerprint density at radius 1 is 1.14 bits per heavy atom. The molecule has 2 heteroatoms. The quantitative estimate of drug-likeness (QED) is 0.535. The first-order valence-electron chi connectivity index (χ1n) is 9.08. The molecule has 0 atom stereocenters. The van der Waals surface area contributed by atoms with E-state index in [1.54, 1.807) is 0 Å². The predicted octanol–water partition coefficient (Wildman–Crippen LogP) is 4.77. The van der Waals surface area contributed by atoms with Gasteiger partial charge in [-0.25, -0.2) is 0 Å². The predicted molar refractivity (Wildman–Crippen MR) is 94.5 cm³/mol. The first-order chi connectivity index (χ1) is 9.99. The van der Waals surface area contributed by atoms with Gasteiger partial charge in [-0.15, -0.1) is 0 Å². The van der Waals surface area contributed by atoms with Gasteiger partial charge in [0.1, 0.15) is 0 Å². The summed E-state index contributed by atoms with van der Waals surface area (Å²) in [6.45, 7) is 15.9. The Bertz CT molecular complexity index is 277. The highest BCUT2D eigenvalue weighted by atomic mass is 15.1. The lowest BCUT2D eigenvalue weighted by Crippen LogP contribution is -2.37. The van der Waals surface area contributed by atoms with Gasteiger partial charge in [-0.3, -0.25) is 0 Å². The summed E-state index contributed by atoms with van der Waals surface area (Å²) >= 11 is 0. The van der Waals surface area contributed by atoms with Crippen molar-refractivity contribution in [2.75, 3.05) is 33.2 Å². The maximum Gasteiger partial charge on any atom is 0.0200 e. The summed E-state index contributed by atoms with van der Waals surface area (Å²) in [5, 5.41) is 0. The largest absolute Gasteiger partial charge is 0.378 e. The summed E-state index contributed by atoms with van der Waals surface area (Å²) in [5.74, 6) is 1.75. The second-order valence-electron chi connectivity index (χ2n) is 7.50. The van der Waals surface area contributed by atoms with E-state index in [9.17, 15) is 0 Å². The van der Waals surface area contributed by atoms with E-state index >= 15 is 0 Å². The fourth-order valence-electron chi connectivity index (χ4n) is 3.18. The summed E-state index contributed by atoms with van der Waals surface area (Å²) in [4.78, 5) is 4.99. The number of hydrogen-bond donors (Lipinski definition) is 0. The Balaban J connectivity index is 2.02. The van der Waals surface area contributed by atoms with Crippen LogP contribution in [-0.4, -0.2) is 43.0 Å². The van der Waals surface area contributed by atoms with Gasteiger partial charge in [-0.2, -0.15) is 0 Å². The van der Waals surface area contributed by atoms with Crippen molar-refractivity contribution in [3.8, 4) is 0 Å². The fourth-order valence-corrected chi connectivity index (χ4v) is 3.18. The minimum atomic E-state index is 0.869. The molecule has 1 saturated heterocycles. The van der Waals surface area contributed by atoms with Crippen molar-refractivity contribution in [2.45, 2.75) is 65.7 Å². The molecule has 0 radical (unpaired) electrons. The van der Waals surface area contributed by atoms with E-state index in [2.05, 4.69) is 44.2 Å². The second-order valence-corrected chi connectivity index (χ2v) is 7.50. The molecular formula is C19H38N2. The van der Waals surface area contributed by atoms with Crippen LogP contribution >= 0.6 is 0 Å². The van der Waals surface area contributed by atoms with Gasteiger partial charge in [-0.05, 0) is 57.7 Å². The third-order valence-corrected chi connectivity index (χ3v) is 4.90. The third-order valence-electron chi connectivity index (χ3n) is 4.90. The van der Waals surface area contributed by atoms with Crippen LogP contribution in [0.3, 0.4) is 0 Å². The molecule has 1 fully saturated rings. The van der Waals surface area contributed by atoms with Gasteiger partial charge in [0.05, 0.1) is 0 Å². The molecule has 124 valence electrons. The van der Waals surface area contributed by atoms with E-state index in [0.29, 0.717) is 0 Å². The third kappa shape index (κ3) is 8.50. The van der Waals surface area contributed by atoms with Crippen molar-refractivity contribution in [1.29, 1.82) is 0 Å². The summed E-state index contributed by atoms with van der Waals surface area (Å²) in [5.41, 5.74) is 1.19. The van der Waals surface area contributed by atoms with Gasteiger partial charge < -0.3 is 9.80 Å². The van der Waals surface area contributed by atoms with Crippen molar-refractivity contribution in [2.24, 2.45) is 11.8 Å².